The van der Waals surface area contributed by atoms with Gasteiger partial charge in [0.05, 0.1) is 7.92 Å². The second kappa shape index (κ2) is 16.5. The Hall–Kier alpha value is -1.50. The molecule has 0 saturated heterocycles. The minimum atomic E-state index is -0.877. The van der Waals surface area contributed by atoms with Crippen molar-refractivity contribution in [3.8, 4) is 0 Å². The second-order valence-electron chi connectivity index (χ2n) is 5.16. The van der Waals surface area contributed by atoms with Gasteiger partial charge < -0.3 is 30.3 Å². The third kappa shape index (κ3) is 8.67. The van der Waals surface area contributed by atoms with Gasteiger partial charge in [0, 0.05) is 0 Å². The third-order valence-electron chi connectivity index (χ3n) is 3.54. The standard InChI is InChI=1S/C18H15P.C5H.HI.NO.Re/c1-4-10-16(11-5-1)19(17-12-6-2-7-13-17)18-14-8-3-9-15-18;1-2-4-5-3-1;;1-2;/h1-15H;1H;1H;;/q;-5;;2*+1. The Balaban J connectivity index is 0.000000368. The predicted molar refractivity (Wildman–Crippen MR) is 120 cm³/mol. The van der Waals surface area contributed by atoms with Gasteiger partial charge in [-0.1, -0.05) is 54.6 Å². The number of hydrogen-bond donors (Lipinski definition) is 0. The van der Waals surface area contributed by atoms with Crippen LogP contribution in [0.4, 0.5) is 0 Å². The van der Waals surface area contributed by atoms with Crippen molar-refractivity contribution in [1.82, 2.24) is 0 Å². The molecule has 0 amide bonds. The van der Waals surface area contributed by atoms with Gasteiger partial charge in [0.25, 0.3) is 0 Å². The van der Waals surface area contributed by atoms with Crippen LogP contribution in [0.15, 0.2) is 97.1 Å². The number of nitrogens with zero attached hydrogens (tertiary/aromatic N) is 1. The van der Waals surface area contributed by atoms with Crippen molar-refractivity contribution < 1.29 is 20.4 Å². The summed E-state index contributed by atoms with van der Waals surface area (Å²) in [4.78, 5) is 0. The first-order valence-electron chi connectivity index (χ1n) is 8.13. The first-order valence-corrected chi connectivity index (χ1v) is 17.3. The summed E-state index contributed by atoms with van der Waals surface area (Å²) in [5.41, 5.74) is 5.75. The van der Waals surface area contributed by atoms with Crippen LogP contribution in [0.1, 0.15) is 0 Å². The molecule has 28 heavy (non-hydrogen) atoms. The van der Waals surface area contributed by atoms with Crippen LogP contribution < -0.4 is 15.9 Å². The summed E-state index contributed by atoms with van der Waals surface area (Å²) >= 11 is 3.90. The summed E-state index contributed by atoms with van der Waals surface area (Å²) in [6, 6.07) is 44.5. The largest absolute Gasteiger partial charge is 0.999 e. The van der Waals surface area contributed by atoms with E-state index in [1.165, 1.54) is 15.9 Å². The molecular formula is C23H17INOPRe-3. The summed E-state index contributed by atoms with van der Waals surface area (Å²) < 4.78 is 7.25. The van der Waals surface area contributed by atoms with Crippen LogP contribution in [0.5, 0.6) is 0 Å². The quantitative estimate of drug-likeness (QED) is 0.137. The Morgan fingerprint density at radius 3 is 1.14 bits per heavy atom. The topological polar surface area (TPSA) is 43.7 Å². The van der Waals surface area contributed by atoms with Gasteiger partial charge in [-0.05, 0) is 36.4 Å². The van der Waals surface area contributed by atoms with E-state index < -0.39 is 7.92 Å². The summed E-state index contributed by atoms with van der Waals surface area (Å²) in [7, 11) is -0.877. The summed E-state index contributed by atoms with van der Waals surface area (Å²) in [6.07, 6.45) is 0. The summed E-state index contributed by atoms with van der Waals surface area (Å²) in [5, 5.41) is 4.31. The normalized spacial score (nSPS) is 8.89. The molecule has 0 atom stereocenters. The van der Waals surface area contributed by atoms with E-state index in [-0.39, 0.29) is 0 Å². The molecule has 5 heteroatoms. The molecule has 0 N–H and O–H groups in total. The van der Waals surface area contributed by atoms with Gasteiger partial charge in [0.15, 0.2) is 0 Å². The predicted octanol–water partition coefficient (Wildman–Crippen LogP) is 4.56. The number of halogens is 1. The SMILES string of the molecule is N#[O+].[I][Re].[c-]1[c-][c-][cH-][c-]1.c1ccc([PH+](c2ccccc2)c2ccccc2)cc1. The molecule has 0 aromatic heterocycles. The van der Waals surface area contributed by atoms with E-state index in [1.807, 2.05) is 0 Å². The molecule has 0 aliphatic carbocycles. The smallest absolute Gasteiger partial charge is 0.102 e. The molecule has 142 valence electrons. The van der Waals surface area contributed by atoms with E-state index in [0.717, 1.165) is 0 Å². The average molecular weight is 667 g/mol. The third-order valence-corrected chi connectivity index (χ3v) is 6.27. The van der Waals surface area contributed by atoms with Crippen LogP contribution in [0.25, 0.3) is 0 Å². The molecule has 0 saturated carbocycles. The maximum Gasteiger partial charge on any atom is 0.102 e. The van der Waals surface area contributed by atoms with Gasteiger partial charge in [-0.3, -0.25) is 0 Å². The van der Waals surface area contributed by atoms with Crippen molar-refractivity contribution >= 4 is 43.3 Å². The van der Waals surface area contributed by atoms with Crippen molar-refractivity contribution in [1.29, 1.82) is 5.46 Å². The van der Waals surface area contributed by atoms with E-state index in [4.69, 9.17) is 10.2 Å². The van der Waals surface area contributed by atoms with Crippen LogP contribution in [-0.4, -0.2) is 0 Å². The zero-order chi connectivity index (χ0) is 20.5. The Morgan fingerprint density at radius 1 is 0.643 bits per heavy atom. The monoisotopic (exact) mass is 668 g/mol. The van der Waals surface area contributed by atoms with Crippen LogP contribution in [0.2, 0.25) is 0 Å². The van der Waals surface area contributed by atoms with Crippen molar-refractivity contribution in [2.24, 2.45) is 0 Å². The molecule has 0 unspecified atom stereocenters. The minimum absolute atomic E-state index is 0.877. The van der Waals surface area contributed by atoms with E-state index in [9.17, 15) is 0 Å². The Kier molecular flexibility index (Phi) is 14.4. The zero-order valence-electron chi connectivity index (χ0n) is 14.8. The first kappa shape index (κ1) is 24.5. The van der Waals surface area contributed by atoms with E-state index in [0.29, 0.717) is 0 Å². The van der Waals surface area contributed by atoms with Crippen LogP contribution in [-0.2, 0) is 20.4 Å². The van der Waals surface area contributed by atoms with Crippen LogP contribution in [0, 0.1) is 29.7 Å². The van der Waals surface area contributed by atoms with Gasteiger partial charge in [-0.25, -0.2) is 0 Å². The molecule has 0 bridgehead atoms. The van der Waals surface area contributed by atoms with Crippen molar-refractivity contribution in [3.05, 3.63) is 121 Å². The summed E-state index contributed by atoms with van der Waals surface area (Å²) in [6.45, 7) is 0. The van der Waals surface area contributed by atoms with Crippen LogP contribution in [0.3, 0.4) is 0 Å². The number of hydrogen-bond acceptors (Lipinski definition) is 1. The molecule has 0 radical (unpaired) electrons. The minimum Gasteiger partial charge on any atom is -0.999 e. The molecule has 2 nitrogen and oxygen atoms in total. The van der Waals surface area contributed by atoms with Gasteiger partial charge in [0.1, 0.15) is 15.9 Å². The molecule has 4 rings (SSSR count). The molecular weight excluding hydrogens is 650 g/mol. The Labute approximate surface area is 189 Å². The van der Waals surface area contributed by atoms with Gasteiger partial charge >= 0.3 is 45.3 Å². The number of benzene rings is 3. The second-order valence-corrected chi connectivity index (χ2v) is 7.64. The zero-order valence-corrected chi connectivity index (χ0v) is 20.7. The van der Waals surface area contributed by atoms with Gasteiger partial charge in [-0.15, -0.1) is 0 Å². The van der Waals surface area contributed by atoms with E-state index in [1.54, 1.807) is 21.7 Å². The molecule has 4 aromatic rings. The molecule has 4 aromatic carbocycles. The summed E-state index contributed by atoms with van der Waals surface area (Å²) in [5.74, 6) is 0. The average Bonchev–Trinajstić information content (AvgIpc) is 3.39. The van der Waals surface area contributed by atoms with E-state index >= 15 is 0 Å². The Morgan fingerprint density at radius 2 is 0.929 bits per heavy atom. The van der Waals surface area contributed by atoms with Gasteiger partial charge in [-0.2, -0.15) is 0 Å². The molecule has 0 aliphatic heterocycles. The van der Waals surface area contributed by atoms with Crippen molar-refractivity contribution in [3.63, 3.8) is 0 Å². The van der Waals surface area contributed by atoms with E-state index in [2.05, 4.69) is 135 Å². The molecule has 0 aliphatic rings. The van der Waals surface area contributed by atoms with Crippen molar-refractivity contribution in [2.45, 2.75) is 0 Å². The molecule has 0 heterocycles. The maximum absolute atomic E-state index is 7.25. The molecule has 0 spiro atoms. The maximum atomic E-state index is 7.25. The van der Waals surface area contributed by atoms with Crippen LogP contribution >= 0.6 is 27.4 Å². The fourth-order valence-electron chi connectivity index (χ4n) is 2.49. The van der Waals surface area contributed by atoms with Crippen molar-refractivity contribution in [2.75, 3.05) is 0 Å². The number of rotatable bonds is 3. The fourth-order valence-corrected chi connectivity index (χ4v) is 5.07. The Bertz CT molecular complexity index is 745. The first-order chi connectivity index (χ1) is 13.9. The van der Waals surface area contributed by atoms with Gasteiger partial charge in [0.2, 0.25) is 0 Å². The fraction of sp³-hybridized carbons (Fsp3) is 0. The molecule has 0 fully saturated rings.